The number of rotatable bonds is 0. The van der Waals surface area contributed by atoms with Crippen LogP contribution in [0.3, 0.4) is 0 Å². The molecule has 1 aromatic heterocycles. The molecule has 84 valence electrons. The lowest BCUT2D eigenvalue weighted by Crippen LogP contribution is -2.33. The number of anilines is 1. The van der Waals surface area contributed by atoms with Gasteiger partial charge in [-0.1, -0.05) is 6.07 Å². The van der Waals surface area contributed by atoms with E-state index in [0.29, 0.717) is 11.1 Å². The SMILES string of the molecule is CC(C)(C)n1ccc2c(N)cccc2c1=O. The first-order valence-corrected chi connectivity index (χ1v) is 5.31. The van der Waals surface area contributed by atoms with Gasteiger partial charge in [0, 0.05) is 28.2 Å². The summed E-state index contributed by atoms with van der Waals surface area (Å²) in [5, 5.41) is 1.51. The second kappa shape index (κ2) is 3.37. The molecule has 2 rings (SSSR count). The van der Waals surface area contributed by atoms with Gasteiger partial charge in [0.25, 0.3) is 5.56 Å². The highest BCUT2D eigenvalue weighted by Gasteiger charge is 2.15. The molecule has 0 saturated carbocycles. The number of fused-ring (bicyclic) bond motifs is 1. The average Bonchev–Trinajstić information content (AvgIpc) is 2.18. The van der Waals surface area contributed by atoms with Crippen molar-refractivity contribution in [2.45, 2.75) is 26.3 Å². The molecule has 16 heavy (non-hydrogen) atoms. The smallest absolute Gasteiger partial charge is 0.258 e. The van der Waals surface area contributed by atoms with Crippen LogP contribution in [0.5, 0.6) is 0 Å². The van der Waals surface area contributed by atoms with Crippen LogP contribution in [0.1, 0.15) is 20.8 Å². The Balaban J connectivity index is 2.87. The maximum Gasteiger partial charge on any atom is 0.258 e. The highest BCUT2D eigenvalue weighted by atomic mass is 16.1. The number of pyridine rings is 1. The monoisotopic (exact) mass is 216 g/mol. The highest BCUT2D eigenvalue weighted by Crippen LogP contribution is 2.19. The second-order valence-electron chi connectivity index (χ2n) is 4.97. The van der Waals surface area contributed by atoms with Crippen molar-refractivity contribution in [3.05, 3.63) is 40.8 Å². The maximum absolute atomic E-state index is 12.2. The molecule has 0 unspecified atom stereocenters. The first-order chi connectivity index (χ1) is 7.41. The number of nitrogens with zero attached hydrogens (tertiary/aromatic N) is 1. The van der Waals surface area contributed by atoms with Crippen LogP contribution in [-0.2, 0) is 5.54 Å². The Bertz CT molecular complexity index is 591. The van der Waals surface area contributed by atoms with Crippen molar-refractivity contribution in [3.8, 4) is 0 Å². The van der Waals surface area contributed by atoms with Crippen LogP contribution in [0.25, 0.3) is 10.8 Å². The lowest BCUT2D eigenvalue weighted by molar-refractivity contribution is 0.386. The van der Waals surface area contributed by atoms with E-state index in [1.54, 1.807) is 10.8 Å². The minimum absolute atomic E-state index is 0.0114. The Hall–Kier alpha value is -1.77. The summed E-state index contributed by atoms with van der Waals surface area (Å²) in [4.78, 5) is 12.2. The van der Waals surface area contributed by atoms with E-state index in [4.69, 9.17) is 5.73 Å². The van der Waals surface area contributed by atoms with Gasteiger partial charge in [-0.15, -0.1) is 0 Å². The standard InChI is InChI=1S/C13H16N2O/c1-13(2,3)15-8-7-9-10(12(15)16)5-4-6-11(9)14/h4-8H,14H2,1-3H3. The molecule has 0 radical (unpaired) electrons. The van der Waals surface area contributed by atoms with Gasteiger partial charge in [0.05, 0.1) is 0 Å². The number of hydrogen-bond donors (Lipinski definition) is 1. The minimum Gasteiger partial charge on any atom is -0.398 e. The molecule has 2 aromatic rings. The van der Waals surface area contributed by atoms with Crippen molar-refractivity contribution >= 4 is 16.5 Å². The summed E-state index contributed by atoms with van der Waals surface area (Å²) in [6.07, 6.45) is 1.81. The van der Waals surface area contributed by atoms with Gasteiger partial charge in [-0.2, -0.15) is 0 Å². The Morgan fingerprint density at radius 1 is 1.12 bits per heavy atom. The first kappa shape index (κ1) is 10.7. The first-order valence-electron chi connectivity index (χ1n) is 5.31. The third kappa shape index (κ3) is 1.58. The minimum atomic E-state index is -0.212. The molecule has 0 aliphatic rings. The molecule has 0 fully saturated rings. The Morgan fingerprint density at radius 3 is 2.44 bits per heavy atom. The Morgan fingerprint density at radius 2 is 1.81 bits per heavy atom. The van der Waals surface area contributed by atoms with Gasteiger partial charge >= 0.3 is 0 Å². The van der Waals surface area contributed by atoms with Crippen molar-refractivity contribution in [2.24, 2.45) is 0 Å². The maximum atomic E-state index is 12.2. The van der Waals surface area contributed by atoms with Gasteiger partial charge in [-0.3, -0.25) is 4.79 Å². The van der Waals surface area contributed by atoms with Crippen LogP contribution in [0, 0.1) is 0 Å². The molecule has 2 N–H and O–H groups in total. The van der Waals surface area contributed by atoms with Crippen LogP contribution < -0.4 is 11.3 Å². The number of benzene rings is 1. The third-order valence-electron chi connectivity index (χ3n) is 2.70. The lowest BCUT2D eigenvalue weighted by atomic mass is 10.1. The molecular formula is C13H16N2O. The van der Waals surface area contributed by atoms with E-state index in [2.05, 4.69) is 0 Å². The largest absolute Gasteiger partial charge is 0.398 e. The lowest BCUT2D eigenvalue weighted by Gasteiger charge is -2.22. The van der Waals surface area contributed by atoms with Crippen LogP contribution in [-0.4, -0.2) is 4.57 Å². The molecule has 3 heteroatoms. The van der Waals surface area contributed by atoms with E-state index in [1.165, 1.54) is 0 Å². The Labute approximate surface area is 94.5 Å². The Kier molecular flexibility index (Phi) is 2.26. The number of nitrogen functional groups attached to an aromatic ring is 1. The third-order valence-corrected chi connectivity index (χ3v) is 2.70. The molecule has 0 aliphatic carbocycles. The second-order valence-corrected chi connectivity index (χ2v) is 4.97. The predicted octanol–water partition coefficient (Wildman–Crippen LogP) is 2.34. The van der Waals surface area contributed by atoms with Crippen LogP contribution in [0.2, 0.25) is 0 Å². The van der Waals surface area contributed by atoms with Gasteiger partial charge in [-0.25, -0.2) is 0 Å². The van der Waals surface area contributed by atoms with Crippen LogP contribution >= 0.6 is 0 Å². The molecular weight excluding hydrogens is 200 g/mol. The average molecular weight is 216 g/mol. The zero-order valence-electron chi connectivity index (χ0n) is 9.82. The van der Waals surface area contributed by atoms with Crippen molar-refractivity contribution in [2.75, 3.05) is 5.73 Å². The van der Waals surface area contributed by atoms with E-state index in [1.807, 2.05) is 45.0 Å². The fraction of sp³-hybridized carbons (Fsp3) is 0.308. The molecule has 3 nitrogen and oxygen atoms in total. The summed E-state index contributed by atoms with van der Waals surface area (Å²) in [5.41, 5.74) is 6.28. The van der Waals surface area contributed by atoms with Crippen LogP contribution in [0.4, 0.5) is 5.69 Å². The van der Waals surface area contributed by atoms with Crippen molar-refractivity contribution < 1.29 is 0 Å². The topological polar surface area (TPSA) is 48.0 Å². The molecule has 0 atom stereocenters. The van der Waals surface area contributed by atoms with E-state index in [0.717, 1.165) is 5.39 Å². The van der Waals surface area contributed by atoms with E-state index >= 15 is 0 Å². The van der Waals surface area contributed by atoms with Gasteiger partial charge in [-0.05, 0) is 39.0 Å². The summed E-state index contributed by atoms with van der Waals surface area (Å²) in [6.45, 7) is 6.02. The van der Waals surface area contributed by atoms with Gasteiger partial charge < -0.3 is 10.3 Å². The van der Waals surface area contributed by atoms with Gasteiger partial charge in [0.1, 0.15) is 0 Å². The van der Waals surface area contributed by atoms with Crippen molar-refractivity contribution in [3.63, 3.8) is 0 Å². The summed E-state index contributed by atoms with van der Waals surface area (Å²) in [5.74, 6) is 0. The summed E-state index contributed by atoms with van der Waals surface area (Å²) >= 11 is 0. The number of nitrogens with two attached hydrogens (primary N) is 1. The fourth-order valence-corrected chi connectivity index (χ4v) is 1.83. The zero-order chi connectivity index (χ0) is 11.9. The highest BCUT2D eigenvalue weighted by molar-refractivity contribution is 5.91. The molecule has 0 aliphatic heterocycles. The van der Waals surface area contributed by atoms with Crippen molar-refractivity contribution in [1.29, 1.82) is 0 Å². The molecule has 0 saturated heterocycles. The normalized spacial score (nSPS) is 11.9. The van der Waals surface area contributed by atoms with E-state index in [-0.39, 0.29) is 11.1 Å². The zero-order valence-corrected chi connectivity index (χ0v) is 9.82. The van der Waals surface area contributed by atoms with Gasteiger partial charge in [0.15, 0.2) is 0 Å². The van der Waals surface area contributed by atoms with Gasteiger partial charge in [0.2, 0.25) is 0 Å². The molecule has 1 aromatic carbocycles. The quantitative estimate of drug-likeness (QED) is 0.687. The number of aromatic nitrogens is 1. The molecule has 0 bridgehead atoms. The predicted molar refractivity (Wildman–Crippen MR) is 67.6 cm³/mol. The molecule has 1 heterocycles. The van der Waals surface area contributed by atoms with E-state index in [9.17, 15) is 4.79 Å². The summed E-state index contributed by atoms with van der Waals surface area (Å²) in [6, 6.07) is 7.34. The molecule has 0 spiro atoms. The summed E-state index contributed by atoms with van der Waals surface area (Å²) in [7, 11) is 0. The fourth-order valence-electron chi connectivity index (χ4n) is 1.83. The molecule has 0 amide bonds. The number of hydrogen-bond acceptors (Lipinski definition) is 2. The van der Waals surface area contributed by atoms with Crippen molar-refractivity contribution in [1.82, 2.24) is 4.57 Å². The summed E-state index contributed by atoms with van der Waals surface area (Å²) < 4.78 is 1.73. The van der Waals surface area contributed by atoms with E-state index < -0.39 is 0 Å². The van der Waals surface area contributed by atoms with Crippen LogP contribution in [0.15, 0.2) is 35.3 Å².